The Morgan fingerprint density at radius 3 is 2.44 bits per heavy atom. The van der Waals surface area contributed by atoms with Gasteiger partial charge in [0.2, 0.25) is 0 Å². The summed E-state index contributed by atoms with van der Waals surface area (Å²) in [5.41, 5.74) is 2.57. The molecule has 1 aliphatic carbocycles. The first-order chi connectivity index (χ1) is 7.48. The second-order valence-corrected chi connectivity index (χ2v) is 4.32. The van der Waals surface area contributed by atoms with E-state index in [-0.39, 0.29) is 18.6 Å². The largest absolute Gasteiger partial charge is 0.389 e. The zero-order valence-electron chi connectivity index (χ0n) is 9.39. The van der Waals surface area contributed by atoms with E-state index < -0.39 is 12.6 Å². The molecule has 0 bridgehead atoms. The number of rotatable bonds is 7. The molecule has 0 aromatic rings. The Hall–Kier alpha value is -0.330. The van der Waals surface area contributed by atoms with Crippen LogP contribution in [-0.4, -0.2) is 25.4 Å². The smallest absolute Gasteiger partial charge is 0.379 e. The van der Waals surface area contributed by atoms with Gasteiger partial charge in [0.25, 0.3) is 0 Å². The molecular weight excluding hydrogens is 221 g/mol. The SMILES string of the molecule is COC(C1CC1)C(CCCC(F)(F)F)NN. The Morgan fingerprint density at radius 2 is 2.06 bits per heavy atom. The molecule has 1 rings (SSSR count). The van der Waals surface area contributed by atoms with Crippen molar-refractivity contribution in [1.29, 1.82) is 0 Å². The van der Waals surface area contributed by atoms with Crippen molar-refractivity contribution in [3.05, 3.63) is 0 Å². The maximum Gasteiger partial charge on any atom is 0.389 e. The lowest BCUT2D eigenvalue weighted by atomic mass is 10.0. The van der Waals surface area contributed by atoms with E-state index >= 15 is 0 Å². The van der Waals surface area contributed by atoms with Gasteiger partial charge < -0.3 is 4.74 Å². The molecule has 96 valence electrons. The first-order valence-corrected chi connectivity index (χ1v) is 5.53. The topological polar surface area (TPSA) is 47.3 Å². The summed E-state index contributed by atoms with van der Waals surface area (Å²) in [4.78, 5) is 0. The molecule has 2 unspecified atom stereocenters. The molecule has 3 N–H and O–H groups in total. The zero-order valence-corrected chi connectivity index (χ0v) is 9.39. The monoisotopic (exact) mass is 240 g/mol. The van der Waals surface area contributed by atoms with Crippen LogP contribution in [0.25, 0.3) is 0 Å². The van der Waals surface area contributed by atoms with Crippen molar-refractivity contribution in [2.24, 2.45) is 11.8 Å². The van der Waals surface area contributed by atoms with Crippen LogP contribution in [0.3, 0.4) is 0 Å². The van der Waals surface area contributed by atoms with Gasteiger partial charge in [0, 0.05) is 19.6 Å². The molecule has 0 spiro atoms. The first kappa shape index (κ1) is 13.7. The fourth-order valence-corrected chi connectivity index (χ4v) is 1.97. The molecule has 0 heterocycles. The minimum atomic E-state index is -4.08. The van der Waals surface area contributed by atoms with Crippen molar-refractivity contribution in [3.63, 3.8) is 0 Å². The molecule has 0 saturated heterocycles. The molecule has 1 aliphatic rings. The molecule has 0 aromatic carbocycles. The van der Waals surface area contributed by atoms with E-state index in [1.165, 1.54) is 0 Å². The molecular formula is C10H19F3N2O. The molecule has 0 radical (unpaired) electrons. The van der Waals surface area contributed by atoms with Gasteiger partial charge in [-0.3, -0.25) is 11.3 Å². The summed E-state index contributed by atoms with van der Waals surface area (Å²) in [7, 11) is 1.58. The van der Waals surface area contributed by atoms with Crippen molar-refractivity contribution >= 4 is 0 Å². The van der Waals surface area contributed by atoms with Crippen LogP contribution in [-0.2, 0) is 4.74 Å². The van der Waals surface area contributed by atoms with E-state index in [0.717, 1.165) is 12.8 Å². The number of ether oxygens (including phenoxy) is 1. The summed E-state index contributed by atoms with van der Waals surface area (Å²) in [6.07, 6.45) is -2.26. The van der Waals surface area contributed by atoms with Crippen LogP contribution in [0.2, 0.25) is 0 Å². The first-order valence-electron chi connectivity index (χ1n) is 5.53. The Labute approximate surface area is 93.5 Å². The van der Waals surface area contributed by atoms with Crippen LogP contribution in [0.1, 0.15) is 32.1 Å². The average Bonchev–Trinajstić information content (AvgIpc) is 2.98. The maximum absolute atomic E-state index is 12.0. The van der Waals surface area contributed by atoms with Crippen LogP contribution in [0.5, 0.6) is 0 Å². The van der Waals surface area contributed by atoms with Crippen molar-refractivity contribution in [2.45, 2.75) is 50.4 Å². The Balaban J connectivity index is 2.30. The van der Waals surface area contributed by atoms with Gasteiger partial charge in [-0.25, -0.2) is 0 Å². The fourth-order valence-electron chi connectivity index (χ4n) is 1.97. The van der Waals surface area contributed by atoms with E-state index in [2.05, 4.69) is 5.43 Å². The Kier molecular flexibility index (Phi) is 5.01. The van der Waals surface area contributed by atoms with Crippen molar-refractivity contribution in [2.75, 3.05) is 7.11 Å². The van der Waals surface area contributed by atoms with Crippen LogP contribution >= 0.6 is 0 Å². The van der Waals surface area contributed by atoms with Gasteiger partial charge in [0.15, 0.2) is 0 Å². The molecule has 3 nitrogen and oxygen atoms in total. The second kappa shape index (κ2) is 5.84. The second-order valence-electron chi connectivity index (χ2n) is 4.32. The minimum absolute atomic E-state index is 0.0572. The standard InChI is InChI=1S/C10H19F3N2O/c1-16-9(7-4-5-7)8(15-14)3-2-6-10(11,12)13/h7-9,15H,2-6,14H2,1H3. The fraction of sp³-hybridized carbons (Fsp3) is 1.00. The lowest BCUT2D eigenvalue weighted by Gasteiger charge is -2.25. The molecule has 0 amide bonds. The highest BCUT2D eigenvalue weighted by Gasteiger charge is 2.36. The van der Waals surface area contributed by atoms with Crippen molar-refractivity contribution in [1.82, 2.24) is 5.43 Å². The molecule has 1 fully saturated rings. The maximum atomic E-state index is 12.0. The number of hydrogen-bond acceptors (Lipinski definition) is 3. The summed E-state index contributed by atoms with van der Waals surface area (Å²) < 4.78 is 41.2. The van der Waals surface area contributed by atoms with Gasteiger partial charge in [-0.1, -0.05) is 0 Å². The summed E-state index contributed by atoms with van der Waals surface area (Å²) >= 11 is 0. The zero-order chi connectivity index (χ0) is 12.2. The number of nitrogens with one attached hydrogen (secondary N) is 1. The number of methoxy groups -OCH3 is 1. The third kappa shape index (κ3) is 4.67. The van der Waals surface area contributed by atoms with Crippen LogP contribution in [0.4, 0.5) is 13.2 Å². The van der Waals surface area contributed by atoms with Crippen molar-refractivity contribution < 1.29 is 17.9 Å². The summed E-state index contributed by atoms with van der Waals surface area (Å²) in [6.45, 7) is 0. The van der Waals surface area contributed by atoms with E-state index in [0.29, 0.717) is 12.3 Å². The van der Waals surface area contributed by atoms with E-state index in [4.69, 9.17) is 10.6 Å². The van der Waals surface area contributed by atoms with Crippen molar-refractivity contribution in [3.8, 4) is 0 Å². The number of hydrogen-bond donors (Lipinski definition) is 2. The number of hydrazine groups is 1. The molecule has 1 saturated carbocycles. The quantitative estimate of drug-likeness (QED) is 0.528. The summed E-state index contributed by atoms with van der Waals surface area (Å²) in [5, 5.41) is 0. The highest BCUT2D eigenvalue weighted by Crippen LogP contribution is 2.36. The van der Waals surface area contributed by atoms with Gasteiger partial charge in [-0.2, -0.15) is 13.2 Å². The van der Waals surface area contributed by atoms with Crippen LogP contribution in [0, 0.1) is 5.92 Å². The van der Waals surface area contributed by atoms with E-state index in [1.807, 2.05) is 0 Å². The summed E-state index contributed by atoms with van der Waals surface area (Å²) in [5.74, 6) is 5.81. The average molecular weight is 240 g/mol. The Morgan fingerprint density at radius 1 is 1.44 bits per heavy atom. The van der Waals surface area contributed by atoms with Crippen LogP contribution in [0.15, 0.2) is 0 Å². The van der Waals surface area contributed by atoms with E-state index in [1.54, 1.807) is 7.11 Å². The number of alkyl halides is 3. The summed E-state index contributed by atoms with van der Waals surface area (Å²) in [6, 6.07) is -0.181. The van der Waals surface area contributed by atoms with Gasteiger partial charge in [0.1, 0.15) is 0 Å². The molecule has 0 aliphatic heterocycles. The molecule has 0 aromatic heterocycles. The Bertz CT molecular complexity index is 207. The van der Waals surface area contributed by atoms with Crippen LogP contribution < -0.4 is 11.3 Å². The van der Waals surface area contributed by atoms with Gasteiger partial charge in [0.05, 0.1) is 6.10 Å². The third-order valence-electron chi connectivity index (χ3n) is 2.94. The highest BCUT2D eigenvalue weighted by molar-refractivity contribution is 4.89. The third-order valence-corrected chi connectivity index (χ3v) is 2.94. The molecule has 2 atom stereocenters. The lowest BCUT2D eigenvalue weighted by molar-refractivity contribution is -0.136. The lowest BCUT2D eigenvalue weighted by Crippen LogP contribution is -2.46. The normalized spacial score (nSPS) is 20.8. The van der Waals surface area contributed by atoms with Gasteiger partial charge in [-0.05, 0) is 31.6 Å². The number of halogens is 3. The van der Waals surface area contributed by atoms with Gasteiger partial charge >= 0.3 is 6.18 Å². The highest BCUT2D eigenvalue weighted by atomic mass is 19.4. The number of nitrogens with two attached hydrogens (primary N) is 1. The predicted octanol–water partition coefficient (Wildman–Crippen LogP) is 1.98. The predicted molar refractivity (Wildman–Crippen MR) is 54.5 cm³/mol. The van der Waals surface area contributed by atoms with E-state index in [9.17, 15) is 13.2 Å². The molecule has 16 heavy (non-hydrogen) atoms. The minimum Gasteiger partial charge on any atom is -0.379 e. The molecule has 6 heteroatoms. The van der Waals surface area contributed by atoms with Gasteiger partial charge in [-0.15, -0.1) is 0 Å².